The molecule has 0 saturated carbocycles. The van der Waals surface area contributed by atoms with Gasteiger partial charge in [-0.15, -0.1) is 11.3 Å². The second-order valence-corrected chi connectivity index (χ2v) is 7.51. The molecule has 3 rings (SSSR count). The number of rotatable bonds is 5. The molecule has 0 aliphatic heterocycles. The smallest absolute Gasteiger partial charge is 0.311 e. The minimum atomic E-state index is -0.919. The Labute approximate surface area is 142 Å². The number of carboxylic acid groups (broad SMARTS) is 1. The fourth-order valence-electron chi connectivity index (χ4n) is 2.96. The molecule has 0 radical (unpaired) electrons. The summed E-state index contributed by atoms with van der Waals surface area (Å²) >= 11 is 1.38. The fraction of sp³-hybridized carbons (Fsp3) is 0.500. The van der Waals surface area contributed by atoms with E-state index in [-0.39, 0.29) is 18.0 Å². The highest BCUT2D eigenvalue weighted by Crippen LogP contribution is 2.41. The third kappa shape index (κ3) is 2.93. The lowest BCUT2D eigenvalue weighted by molar-refractivity contribution is -0.138. The van der Waals surface area contributed by atoms with E-state index < -0.39 is 11.9 Å². The molecule has 0 saturated heterocycles. The van der Waals surface area contributed by atoms with Crippen molar-refractivity contribution in [2.75, 3.05) is 6.54 Å². The highest BCUT2D eigenvalue weighted by molar-refractivity contribution is 7.18. The Kier molecular flexibility index (Phi) is 4.40. The van der Waals surface area contributed by atoms with Gasteiger partial charge in [0, 0.05) is 11.4 Å². The average Bonchev–Trinajstić information content (AvgIpc) is 3.06. The highest BCUT2D eigenvalue weighted by Gasteiger charge is 2.34. The summed E-state index contributed by atoms with van der Waals surface area (Å²) < 4.78 is 1.25. The van der Waals surface area contributed by atoms with E-state index in [0.29, 0.717) is 41.1 Å². The molecule has 0 spiro atoms. The maximum absolute atomic E-state index is 12.7. The zero-order valence-electron chi connectivity index (χ0n) is 13.5. The molecule has 2 N–H and O–H groups in total. The van der Waals surface area contributed by atoms with Gasteiger partial charge in [-0.2, -0.15) is 0 Å². The summed E-state index contributed by atoms with van der Waals surface area (Å²) in [6.45, 7) is 4.40. The van der Waals surface area contributed by atoms with Crippen LogP contribution >= 0.6 is 11.3 Å². The first-order valence-electron chi connectivity index (χ1n) is 7.88. The summed E-state index contributed by atoms with van der Waals surface area (Å²) in [6, 6.07) is 0. The summed E-state index contributed by atoms with van der Waals surface area (Å²) in [7, 11) is 0. The number of aryl methyl sites for hydroxylation is 1. The van der Waals surface area contributed by atoms with Gasteiger partial charge in [-0.05, 0) is 24.3 Å². The van der Waals surface area contributed by atoms with Crippen molar-refractivity contribution in [2.45, 2.75) is 39.2 Å². The van der Waals surface area contributed by atoms with Gasteiger partial charge in [-0.25, -0.2) is 4.98 Å². The van der Waals surface area contributed by atoms with Crippen LogP contribution in [-0.2, 0) is 22.6 Å². The van der Waals surface area contributed by atoms with Gasteiger partial charge in [0.2, 0.25) is 5.91 Å². The fourth-order valence-corrected chi connectivity index (χ4v) is 4.16. The molecule has 0 fully saturated rings. The van der Waals surface area contributed by atoms with Gasteiger partial charge < -0.3 is 10.4 Å². The minimum Gasteiger partial charge on any atom is -0.481 e. The van der Waals surface area contributed by atoms with Crippen LogP contribution in [0.15, 0.2) is 11.1 Å². The van der Waals surface area contributed by atoms with Crippen molar-refractivity contribution in [3.05, 3.63) is 27.1 Å². The maximum Gasteiger partial charge on any atom is 0.311 e. The molecule has 128 valence electrons. The lowest BCUT2D eigenvalue weighted by atomic mass is 10.0. The summed E-state index contributed by atoms with van der Waals surface area (Å²) in [6.07, 6.45) is 2.53. The summed E-state index contributed by atoms with van der Waals surface area (Å²) in [5, 5.41) is 12.5. The zero-order chi connectivity index (χ0) is 17.4. The predicted octanol–water partition coefficient (Wildman–Crippen LogP) is 1.34. The van der Waals surface area contributed by atoms with E-state index in [9.17, 15) is 19.5 Å². The van der Waals surface area contributed by atoms with E-state index in [4.69, 9.17) is 0 Å². The van der Waals surface area contributed by atoms with Gasteiger partial charge in [0.1, 0.15) is 11.4 Å². The molecule has 1 atom stereocenters. The number of carbonyl (C=O) groups excluding carboxylic acids is 1. The monoisotopic (exact) mass is 349 g/mol. The predicted molar refractivity (Wildman–Crippen MR) is 90.4 cm³/mol. The van der Waals surface area contributed by atoms with Crippen LogP contribution in [0.2, 0.25) is 0 Å². The van der Waals surface area contributed by atoms with Crippen LogP contribution in [-0.4, -0.2) is 33.1 Å². The molecule has 2 aromatic heterocycles. The number of aliphatic carboxylic acids is 1. The average molecular weight is 349 g/mol. The third-order valence-corrected chi connectivity index (χ3v) is 5.29. The molecule has 0 bridgehead atoms. The molecule has 1 aliphatic carbocycles. The van der Waals surface area contributed by atoms with Gasteiger partial charge in [-0.1, -0.05) is 13.8 Å². The molecule has 0 aromatic carbocycles. The first kappa shape index (κ1) is 16.6. The summed E-state index contributed by atoms with van der Waals surface area (Å²) in [4.78, 5) is 41.9. The van der Waals surface area contributed by atoms with E-state index in [1.807, 2.05) is 13.8 Å². The molecule has 1 unspecified atom stereocenters. The van der Waals surface area contributed by atoms with E-state index in [2.05, 4.69) is 10.3 Å². The Balaban J connectivity index is 1.96. The van der Waals surface area contributed by atoms with Crippen LogP contribution in [0.1, 0.15) is 36.6 Å². The molecule has 2 aromatic rings. The van der Waals surface area contributed by atoms with E-state index >= 15 is 0 Å². The number of nitrogens with one attached hydrogen (secondary N) is 1. The maximum atomic E-state index is 12.7. The van der Waals surface area contributed by atoms with E-state index in [0.717, 1.165) is 4.88 Å². The second kappa shape index (κ2) is 6.35. The quantitative estimate of drug-likeness (QED) is 0.848. The number of fused-ring (bicyclic) bond motifs is 3. The lowest BCUT2D eigenvalue weighted by Crippen LogP contribution is -2.34. The largest absolute Gasteiger partial charge is 0.481 e. The van der Waals surface area contributed by atoms with Gasteiger partial charge in [0.05, 0.1) is 17.6 Å². The topological polar surface area (TPSA) is 101 Å². The van der Waals surface area contributed by atoms with Crippen molar-refractivity contribution < 1.29 is 14.7 Å². The van der Waals surface area contributed by atoms with E-state index in [1.165, 1.54) is 22.2 Å². The Morgan fingerprint density at radius 3 is 2.92 bits per heavy atom. The number of nitrogens with zero attached hydrogens (tertiary/aromatic N) is 2. The minimum absolute atomic E-state index is 0.114. The molecule has 7 nitrogen and oxygen atoms in total. The highest BCUT2D eigenvalue weighted by atomic mass is 32.1. The SMILES string of the molecule is CC(C)CNC(=O)Cn1cnc2sc3c(c2c1=O)C(C(=O)O)CC3. The first-order chi connectivity index (χ1) is 11.4. The van der Waals surface area contributed by atoms with Crippen molar-refractivity contribution in [1.29, 1.82) is 0 Å². The van der Waals surface area contributed by atoms with Gasteiger partial charge in [-0.3, -0.25) is 19.0 Å². The second-order valence-electron chi connectivity index (χ2n) is 6.42. The standard InChI is InChI=1S/C16H19N3O4S/c1-8(2)5-17-11(20)6-19-7-18-14-13(15(19)21)12-9(16(22)23)3-4-10(12)24-14/h7-9H,3-6H2,1-2H3,(H,17,20)(H,22,23). The van der Waals surface area contributed by atoms with E-state index in [1.54, 1.807) is 0 Å². The third-order valence-electron chi connectivity index (χ3n) is 4.12. The van der Waals surface area contributed by atoms with Gasteiger partial charge >= 0.3 is 5.97 Å². The Hall–Kier alpha value is -2.22. The van der Waals surface area contributed by atoms with Crippen LogP contribution in [0.5, 0.6) is 0 Å². The zero-order valence-corrected chi connectivity index (χ0v) is 14.4. The number of amides is 1. The van der Waals surface area contributed by atoms with Gasteiger partial charge in [0.25, 0.3) is 5.56 Å². The van der Waals surface area contributed by atoms with Crippen molar-refractivity contribution in [2.24, 2.45) is 5.92 Å². The Morgan fingerprint density at radius 1 is 1.50 bits per heavy atom. The molecule has 24 heavy (non-hydrogen) atoms. The summed E-state index contributed by atoms with van der Waals surface area (Å²) in [5.41, 5.74) is 0.252. The lowest BCUT2D eigenvalue weighted by Gasteiger charge is -2.10. The van der Waals surface area contributed by atoms with Crippen molar-refractivity contribution in [3.63, 3.8) is 0 Å². The van der Waals surface area contributed by atoms with Crippen LogP contribution in [0.3, 0.4) is 0 Å². The molecule has 8 heteroatoms. The molecular weight excluding hydrogens is 330 g/mol. The molecule has 1 amide bonds. The first-order valence-corrected chi connectivity index (χ1v) is 8.70. The Bertz CT molecular complexity index is 868. The molecule has 1 aliphatic rings. The van der Waals surface area contributed by atoms with Crippen molar-refractivity contribution >= 4 is 33.4 Å². The van der Waals surface area contributed by atoms with Crippen LogP contribution < -0.4 is 10.9 Å². The number of hydrogen-bond acceptors (Lipinski definition) is 5. The number of carbonyl (C=O) groups is 2. The molecule has 2 heterocycles. The van der Waals surface area contributed by atoms with Crippen molar-refractivity contribution in [1.82, 2.24) is 14.9 Å². The number of aromatic nitrogens is 2. The van der Waals surface area contributed by atoms with Crippen LogP contribution in [0.25, 0.3) is 10.2 Å². The summed E-state index contributed by atoms with van der Waals surface area (Å²) in [5.74, 6) is -1.51. The normalized spacial score (nSPS) is 16.5. The number of hydrogen-bond donors (Lipinski definition) is 2. The van der Waals surface area contributed by atoms with Crippen LogP contribution in [0, 0.1) is 5.92 Å². The Morgan fingerprint density at radius 2 is 2.25 bits per heavy atom. The van der Waals surface area contributed by atoms with Gasteiger partial charge in [0.15, 0.2) is 0 Å². The van der Waals surface area contributed by atoms with Crippen LogP contribution in [0.4, 0.5) is 0 Å². The number of thiophene rings is 1. The number of carboxylic acids is 1. The van der Waals surface area contributed by atoms with Crippen molar-refractivity contribution in [3.8, 4) is 0 Å². The molecular formula is C16H19N3O4S.